The molecule has 18 heteroatoms. The second-order valence-corrected chi connectivity index (χ2v) is 22.5. The summed E-state index contributed by atoms with van der Waals surface area (Å²) in [6.07, 6.45) is 6.56. The fraction of sp³-hybridized carbons (Fsp3) is 0.188. The molecule has 3 atom stereocenters. The number of amides is 3. The van der Waals surface area contributed by atoms with Crippen LogP contribution in [-0.2, 0) is 42.9 Å². The number of halogens is 2. The maximum absolute atomic E-state index is 13.9. The van der Waals surface area contributed by atoms with Crippen molar-refractivity contribution in [1.82, 2.24) is 35.1 Å². The Morgan fingerprint density at radius 2 is 1.28 bits per heavy atom. The summed E-state index contributed by atoms with van der Waals surface area (Å²) in [5.74, 6) is -0.889. The minimum Gasteiger partial charge on any atom is -0.489 e. The van der Waals surface area contributed by atoms with E-state index in [4.69, 9.17) is 9.47 Å². The van der Waals surface area contributed by atoms with Crippen molar-refractivity contribution in [2.45, 2.75) is 56.6 Å². The van der Waals surface area contributed by atoms with Crippen molar-refractivity contribution >= 4 is 79.1 Å². The number of hydrogen-bond donors (Lipinski definition) is 4. The molecule has 87 heavy (non-hydrogen) atoms. The maximum Gasteiger partial charge on any atom is 0.358 e. The van der Waals surface area contributed by atoms with E-state index in [1.165, 1.54) is 12.3 Å². The minimum absolute atomic E-state index is 0. The van der Waals surface area contributed by atoms with Crippen LogP contribution in [0.4, 0.5) is 8.78 Å². The first-order valence-electron chi connectivity index (χ1n) is 28.5. The number of rotatable bonds is 19. The zero-order chi connectivity index (χ0) is 59.1. The topological polar surface area (TPSA) is 179 Å². The van der Waals surface area contributed by atoms with Crippen LogP contribution in [0.3, 0.4) is 0 Å². The quantitative estimate of drug-likeness (QED) is 0.0450. The molecule has 2 aliphatic heterocycles. The molecule has 3 amide bonds. The standard InChI is InChI=1S/C58H52N6O7S.C11H6F2N.Ir/c65-53(22-10-9-21-52-55-39(35-72-52)31-54(66)62-55)59-24-25-61-57(67)38-26-36(34-71-51-20-11-23-60-56(51)58(68)69)29-42(30-38)70-33-37-27-40(63-47-16-5-1-12-43(47)44-13-2-6-17-48(44)63)32-41(28-37)64-49-18-7-3-14-45(49)46-15-4-8-19-50(46)64;12-8-4-5-9(10(13)7-8)11-3-1-2-6-14-11;/h1-8,11-20,23,26-30,32,39,52,55H,9-10,21-22,24-25,31,33-35H2,(H,59,65)(H,61,67)(H,62,66)(H,68,69);1-4,6-7H;/q;-1;. The number of carbonyl (C=O) groups excluding carboxylic acids is 3. The molecule has 0 spiro atoms. The molecule has 4 aromatic heterocycles. The van der Waals surface area contributed by atoms with E-state index in [9.17, 15) is 33.1 Å². The van der Waals surface area contributed by atoms with Crippen LogP contribution in [0.25, 0.3) is 66.2 Å². The summed E-state index contributed by atoms with van der Waals surface area (Å²) in [6.45, 7) is 0.508. The molecule has 14 nitrogen and oxygen atoms in total. The van der Waals surface area contributed by atoms with Crippen LogP contribution >= 0.6 is 11.8 Å². The van der Waals surface area contributed by atoms with Crippen LogP contribution in [0.15, 0.2) is 188 Å². The first-order valence-corrected chi connectivity index (χ1v) is 29.5. The van der Waals surface area contributed by atoms with Crippen molar-refractivity contribution in [3.05, 3.63) is 228 Å². The van der Waals surface area contributed by atoms with E-state index in [1.807, 2.05) is 11.8 Å². The second kappa shape index (κ2) is 27.0. The number of carbonyl (C=O) groups is 4. The molecule has 6 heterocycles. The van der Waals surface area contributed by atoms with Crippen molar-refractivity contribution in [2.24, 2.45) is 5.92 Å². The zero-order valence-electron chi connectivity index (χ0n) is 46.9. The molecule has 11 aromatic rings. The Bertz CT molecular complexity index is 4110. The number of benzene rings is 7. The van der Waals surface area contributed by atoms with Crippen molar-refractivity contribution in [3.8, 4) is 34.1 Å². The van der Waals surface area contributed by atoms with Crippen LogP contribution in [0.5, 0.6) is 11.5 Å². The number of ether oxygens (including phenoxy) is 2. The van der Waals surface area contributed by atoms with Gasteiger partial charge in [0.25, 0.3) is 5.91 Å². The van der Waals surface area contributed by atoms with Gasteiger partial charge in [0.15, 0.2) is 11.4 Å². The predicted molar refractivity (Wildman–Crippen MR) is 330 cm³/mol. The molecule has 0 aliphatic carbocycles. The van der Waals surface area contributed by atoms with Gasteiger partial charge in [-0.15, -0.1) is 12.1 Å². The van der Waals surface area contributed by atoms with Crippen molar-refractivity contribution in [1.29, 1.82) is 0 Å². The summed E-state index contributed by atoms with van der Waals surface area (Å²) >= 11 is 1.92. The molecular weight excluding hydrogens is 1300 g/mol. The number of thioether (sulfide) groups is 1. The number of nitrogens with one attached hydrogen (secondary N) is 3. The first-order chi connectivity index (χ1) is 42.0. The molecule has 2 saturated heterocycles. The minimum atomic E-state index is -1.22. The molecular formula is C69H58F2IrN7O7S-. The first kappa shape index (κ1) is 59.5. The summed E-state index contributed by atoms with van der Waals surface area (Å²) in [7, 11) is 0. The number of fused-ring (bicyclic) bond motifs is 7. The summed E-state index contributed by atoms with van der Waals surface area (Å²) in [6, 6.07) is 58.2. The van der Waals surface area contributed by atoms with Crippen molar-refractivity contribution in [2.75, 3.05) is 18.8 Å². The number of hydrogen-bond acceptors (Lipinski definition) is 9. The summed E-state index contributed by atoms with van der Waals surface area (Å²) in [5.41, 5.74) is 8.35. The average molecular weight is 1360 g/mol. The fourth-order valence-electron chi connectivity index (χ4n) is 11.6. The third-order valence-corrected chi connectivity index (χ3v) is 17.1. The molecule has 1 radical (unpaired) electrons. The molecule has 0 bridgehead atoms. The van der Waals surface area contributed by atoms with Gasteiger partial charge in [-0.25, -0.2) is 9.78 Å². The number of para-hydroxylation sites is 4. The Hall–Kier alpha value is -9.22. The number of pyridine rings is 2. The maximum atomic E-state index is 13.9. The number of aromatic carboxylic acids is 1. The van der Waals surface area contributed by atoms with E-state index >= 15 is 0 Å². The van der Waals surface area contributed by atoms with Gasteiger partial charge in [0.05, 0.1) is 22.1 Å². The van der Waals surface area contributed by atoms with Gasteiger partial charge in [-0.2, -0.15) is 11.8 Å². The van der Waals surface area contributed by atoms with E-state index in [-0.39, 0.29) is 87.2 Å². The Kier molecular flexibility index (Phi) is 18.5. The number of aromatic nitrogens is 4. The Labute approximate surface area is 517 Å². The molecule has 2 aliphatic rings. The van der Waals surface area contributed by atoms with Gasteiger partial charge < -0.3 is 44.6 Å². The SMILES string of the molecule is Fc1c[c-]c(-c2ccccn2)c(F)c1.O=C(CCCCC1SCC2CC(=O)NC21)NCCNC(=O)c1cc(COc2cccnc2C(=O)O)cc(OCc2cc(-n3c4ccccc4c4ccccc43)cc(-n3c4ccccc4c4ccccc43)c2)c1.[Ir]. The third-order valence-electron chi connectivity index (χ3n) is 15.5. The zero-order valence-corrected chi connectivity index (χ0v) is 50.1. The molecule has 7 aromatic carbocycles. The predicted octanol–water partition coefficient (Wildman–Crippen LogP) is 13.0. The Balaban J connectivity index is 0.000000458. The van der Waals surface area contributed by atoms with Crippen molar-refractivity contribution in [3.63, 3.8) is 0 Å². The largest absolute Gasteiger partial charge is 0.489 e. The smallest absolute Gasteiger partial charge is 0.358 e. The van der Waals surface area contributed by atoms with Crippen LogP contribution in [-0.4, -0.2) is 78.0 Å². The van der Waals surface area contributed by atoms with Gasteiger partial charge in [-0.05, 0) is 120 Å². The van der Waals surface area contributed by atoms with Crippen LogP contribution < -0.4 is 25.4 Å². The fourth-order valence-corrected chi connectivity index (χ4v) is 13.3. The summed E-state index contributed by atoms with van der Waals surface area (Å²) < 4.78 is 43.0. The molecule has 13 rings (SSSR count). The van der Waals surface area contributed by atoms with E-state index in [0.29, 0.717) is 46.6 Å². The molecule has 0 saturated carbocycles. The van der Waals surface area contributed by atoms with Crippen LogP contribution in [0.2, 0.25) is 0 Å². The molecule has 3 unspecified atom stereocenters. The van der Waals surface area contributed by atoms with E-state index < -0.39 is 17.6 Å². The van der Waals surface area contributed by atoms with Crippen LogP contribution in [0, 0.1) is 23.6 Å². The number of nitrogens with zero attached hydrogens (tertiary/aromatic N) is 4. The van der Waals surface area contributed by atoms with Gasteiger partial charge in [-0.1, -0.05) is 103 Å². The summed E-state index contributed by atoms with van der Waals surface area (Å²) in [5, 5.41) is 23.8. The van der Waals surface area contributed by atoms with Gasteiger partial charge in [-0.3, -0.25) is 23.2 Å². The second-order valence-electron chi connectivity index (χ2n) is 21.2. The Morgan fingerprint density at radius 1 is 0.678 bits per heavy atom. The number of carboxylic acid groups (broad SMARTS) is 1. The Morgan fingerprint density at radius 3 is 1.90 bits per heavy atom. The van der Waals surface area contributed by atoms with E-state index in [1.54, 1.807) is 48.7 Å². The number of unbranched alkanes of at least 4 members (excludes halogenated alkanes) is 1. The average Bonchev–Trinajstić information content (AvgIpc) is 2.40. The molecule has 4 N–H and O–H groups in total. The van der Waals surface area contributed by atoms with Crippen molar-refractivity contribution < 1.29 is 62.6 Å². The normalized spacial score (nSPS) is 15.1. The van der Waals surface area contributed by atoms with E-state index in [2.05, 4.69) is 156 Å². The van der Waals surface area contributed by atoms with E-state index in [0.717, 1.165) is 97.7 Å². The van der Waals surface area contributed by atoms with Gasteiger partial charge in [0.1, 0.15) is 19.0 Å². The van der Waals surface area contributed by atoms with Gasteiger partial charge in [0.2, 0.25) is 11.8 Å². The molecule has 2 fully saturated rings. The van der Waals surface area contributed by atoms with Crippen LogP contribution in [0.1, 0.15) is 64.1 Å². The molecule has 441 valence electrons. The third kappa shape index (κ3) is 13.3. The summed E-state index contributed by atoms with van der Waals surface area (Å²) in [4.78, 5) is 58.4. The monoisotopic (exact) mass is 1360 g/mol. The van der Waals surface area contributed by atoms with Gasteiger partial charge >= 0.3 is 5.97 Å². The number of carboxylic acids is 1. The van der Waals surface area contributed by atoms with Gasteiger partial charge in [0, 0.05) is 120 Å².